The summed E-state index contributed by atoms with van der Waals surface area (Å²) < 4.78 is 72.4. The molecule has 1 aliphatic heterocycles. The predicted octanol–water partition coefficient (Wildman–Crippen LogP) is 5.99. The maximum absolute atomic E-state index is 14.1. The van der Waals surface area contributed by atoms with Crippen LogP contribution in [0.1, 0.15) is 79.6 Å². The fourth-order valence-corrected chi connectivity index (χ4v) is 5.18. The quantitative estimate of drug-likeness (QED) is 0.198. The molecule has 12 heteroatoms. The summed E-state index contributed by atoms with van der Waals surface area (Å²) in [6.45, 7) is 2.71. The van der Waals surface area contributed by atoms with Crippen LogP contribution in [0.2, 0.25) is 0 Å². The number of nitrogens with zero attached hydrogens (tertiary/aromatic N) is 1. The fourth-order valence-electron chi connectivity index (χ4n) is 5.18. The van der Waals surface area contributed by atoms with Crippen LogP contribution >= 0.6 is 0 Å². The highest BCUT2D eigenvalue weighted by molar-refractivity contribution is 5.96. The van der Waals surface area contributed by atoms with Gasteiger partial charge in [0.1, 0.15) is 34.9 Å². The van der Waals surface area contributed by atoms with Crippen molar-refractivity contribution in [3.63, 3.8) is 0 Å². The summed E-state index contributed by atoms with van der Waals surface area (Å²) in [5.74, 6) is -1.43. The Morgan fingerprint density at radius 1 is 1.04 bits per heavy atom. The van der Waals surface area contributed by atoms with Crippen molar-refractivity contribution in [3.05, 3.63) is 70.7 Å². The Balaban J connectivity index is 1.31. The van der Waals surface area contributed by atoms with Crippen LogP contribution in [-0.4, -0.2) is 40.6 Å². The molecule has 2 fully saturated rings. The van der Waals surface area contributed by atoms with Gasteiger partial charge in [-0.1, -0.05) is 0 Å². The minimum absolute atomic E-state index is 0.00311. The van der Waals surface area contributed by atoms with E-state index in [0.29, 0.717) is 29.2 Å². The Labute approximate surface area is 256 Å². The molecule has 0 bridgehead atoms. The molecular weight excluding hydrogens is 596 g/mol. The lowest BCUT2D eigenvalue weighted by Gasteiger charge is -2.26. The van der Waals surface area contributed by atoms with Crippen molar-refractivity contribution in [1.29, 1.82) is 0 Å². The van der Waals surface area contributed by atoms with Crippen LogP contribution in [0.3, 0.4) is 0 Å². The molecule has 3 aliphatic rings. The highest BCUT2D eigenvalue weighted by atomic mass is 19.4. The van der Waals surface area contributed by atoms with Crippen LogP contribution in [-0.2, 0) is 22.0 Å². The van der Waals surface area contributed by atoms with E-state index < -0.39 is 34.5 Å². The third-order valence-corrected chi connectivity index (χ3v) is 8.45. The minimum atomic E-state index is -4.99. The molecule has 0 saturated heterocycles. The van der Waals surface area contributed by atoms with Crippen LogP contribution in [0.25, 0.3) is 11.3 Å². The second-order valence-corrected chi connectivity index (χ2v) is 12.4. The molecule has 45 heavy (non-hydrogen) atoms. The zero-order valence-corrected chi connectivity index (χ0v) is 24.7. The summed E-state index contributed by atoms with van der Waals surface area (Å²) in [5.41, 5.74) is 1.30. The first-order valence-corrected chi connectivity index (χ1v) is 14.7. The predicted molar refractivity (Wildman–Crippen MR) is 154 cm³/mol. The second kappa shape index (κ2) is 11.0. The molecule has 1 amide bonds. The molecular formula is C33H32F4N2O6. The number of carbonyl (C=O) groups is 2. The summed E-state index contributed by atoms with van der Waals surface area (Å²) in [7, 11) is 0. The van der Waals surface area contributed by atoms with Crippen LogP contribution in [0, 0.1) is 5.82 Å². The van der Waals surface area contributed by atoms with Gasteiger partial charge in [-0.25, -0.2) is 9.37 Å². The van der Waals surface area contributed by atoms with Gasteiger partial charge < -0.3 is 25.1 Å². The standard InChI is InChI=1S/C33H32F4N2O6/c1-31(30(38)41)16-43-29-22(31)15-27(39-28(29)18-3-9-23(34)21(13-18)33(35,36)37)32(2,42)12-11-24(40)17-4-10-25(44-19-5-6-19)26(14-17)45-20-7-8-20/h3-4,9-10,13-15,19-20,42H,5-8,11-12,16H2,1-2H3,(H2,38,41)/t31-,32-/m0/s1. The second-order valence-electron chi connectivity index (χ2n) is 12.4. The number of fused-ring (bicyclic) bond motifs is 1. The molecule has 3 N–H and O–H groups in total. The Morgan fingerprint density at radius 3 is 2.33 bits per heavy atom. The van der Waals surface area contributed by atoms with Gasteiger partial charge in [0.25, 0.3) is 0 Å². The number of rotatable bonds is 11. The number of aliphatic hydroxyl groups is 1. The first kappa shape index (κ1) is 30.8. The van der Waals surface area contributed by atoms with Crippen LogP contribution in [0.15, 0.2) is 42.5 Å². The van der Waals surface area contributed by atoms with E-state index >= 15 is 0 Å². The van der Waals surface area contributed by atoms with Crippen molar-refractivity contribution in [2.24, 2.45) is 5.73 Å². The van der Waals surface area contributed by atoms with E-state index in [9.17, 15) is 32.3 Å². The van der Waals surface area contributed by atoms with Gasteiger partial charge in [-0.3, -0.25) is 9.59 Å². The number of amides is 1. The third-order valence-electron chi connectivity index (χ3n) is 8.45. The first-order valence-electron chi connectivity index (χ1n) is 14.7. The van der Waals surface area contributed by atoms with Crippen molar-refractivity contribution < 1.29 is 46.5 Å². The Kier molecular flexibility index (Phi) is 7.54. The fraction of sp³-hybridized carbons (Fsp3) is 0.424. The number of aromatic nitrogens is 1. The van der Waals surface area contributed by atoms with E-state index in [1.165, 1.54) is 19.9 Å². The summed E-state index contributed by atoms with van der Waals surface area (Å²) in [4.78, 5) is 30.2. The monoisotopic (exact) mass is 628 g/mol. The molecule has 8 nitrogen and oxygen atoms in total. The molecule has 2 saturated carbocycles. The highest BCUT2D eigenvalue weighted by Crippen LogP contribution is 2.47. The van der Waals surface area contributed by atoms with E-state index in [2.05, 4.69) is 4.98 Å². The molecule has 0 unspecified atom stereocenters. The van der Waals surface area contributed by atoms with Crippen LogP contribution in [0.4, 0.5) is 17.6 Å². The number of primary amides is 1. The zero-order chi connectivity index (χ0) is 32.3. The van der Waals surface area contributed by atoms with Crippen LogP contribution in [0.5, 0.6) is 17.2 Å². The number of alkyl halides is 3. The van der Waals surface area contributed by atoms with E-state index in [4.69, 9.17) is 19.9 Å². The summed E-state index contributed by atoms with van der Waals surface area (Å²) in [6.07, 6.45) is -1.22. The summed E-state index contributed by atoms with van der Waals surface area (Å²) in [6, 6.07) is 8.78. The number of hydrogen-bond donors (Lipinski definition) is 2. The average molecular weight is 629 g/mol. The van der Waals surface area contributed by atoms with Gasteiger partial charge >= 0.3 is 6.18 Å². The molecule has 1 aromatic heterocycles. The van der Waals surface area contributed by atoms with Crippen LogP contribution < -0.4 is 19.9 Å². The molecule has 3 aromatic rings. The lowest BCUT2D eigenvalue weighted by Crippen LogP contribution is -2.40. The maximum Gasteiger partial charge on any atom is 0.419 e. The normalized spacial score (nSPS) is 20.6. The van der Waals surface area contributed by atoms with Gasteiger partial charge in [-0.15, -0.1) is 0 Å². The Bertz CT molecular complexity index is 1680. The SMILES string of the molecule is C[C@](O)(CCC(=O)c1ccc(OC2CC2)c(OC2CC2)c1)c1cc2c(c(-c3ccc(F)c(C(F)(F)F)c3)n1)OC[C@]2(C)C(N)=O. The topological polar surface area (TPSA) is 121 Å². The summed E-state index contributed by atoms with van der Waals surface area (Å²) in [5, 5.41) is 11.6. The smallest absolute Gasteiger partial charge is 0.419 e. The van der Waals surface area contributed by atoms with Gasteiger partial charge in [-0.05, 0) is 88.4 Å². The molecule has 2 aromatic carbocycles. The van der Waals surface area contributed by atoms with Gasteiger partial charge in [0, 0.05) is 23.1 Å². The van der Waals surface area contributed by atoms with Gasteiger partial charge in [-0.2, -0.15) is 13.2 Å². The van der Waals surface area contributed by atoms with Crippen molar-refractivity contribution in [1.82, 2.24) is 4.98 Å². The van der Waals surface area contributed by atoms with E-state index in [1.54, 1.807) is 18.2 Å². The van der Waals surface area contributed by atoms with Crippen molar-refractivity contribution >= 4 is 11.7 Å². The first-order chi connectivity index (χ1) is 21.2. The largest absolute Gasteiger partial charge is 0.489 e. The van der Waals surface area contributed by atoms with Gasteiger partial charge in [0.05, 0.1) is 23.5 Å². The minimum Gasteiger partial charge on any atom is -0.489 e. The van der Waals surface area contributed by atoms with Gasteiger partial charge in [0.15, 0.2) is 17.3 Å². The molecule has 0 radical (unpaired) electrons. The molecule has 0 spiro atoms. The van der Waals surface area contributed by atoms with E-state index in [-0.39, 0.29) is 65.7 Å². The molecule has 6 rings (SSSR count). The lowest BCUT2D eigenvalue weighted by atomic mass is 9.81. The lowest BCUT2D eigenvalue weighted by molar-refractivity contribution is -0.140. The van der Waals surface area contributed by atoms with Crippen molar-refractivity contribution in [3.8, 4) is 28.5 Å². The summed E-state index contributed by atoms with van der Waals surface area (Å²) >= 11 is 0. The van der Waals surface area contributed by atoms with Crippen molar-refractivity contribution in [2.75, 3.05) is 6.61 Å². The number of ether oxygens (including phenoxy) is 3. The zero-order valence-electron chi connectivity index (χ0n) is 24.7. The number of nitrogens with two attached hydrogens (primary N) is 1. The number of benzene rings is 2. The van der Waals surface area contributed by atoms with E-state index in [0.717, 1.165) is 31.7 Å². The molecule has 2 aliphatic carbocycles. The number of hydrogen-bond acceptors (Lipinski definition) is 7. The number of ketones is 1. The Hall–Kier alpha value is -4.19. The molecule has 238 valence electrons. The van der Waals surface area contributed by atoms with E-state index in [1.807, 2.05) is 0 Å². The third kappa shape index (κ3) is 6.20. The highest BCUT2D eigenvalue weighted by Gasteiger charge is 2.45. The number of carbonyl (C=O) groups excluding carboxylic acids is 2. The number of halogens is 4. The molecule has 2 heterocycles. The Morgan fingerprint density at radius 2 is 1.71 bits per heavy atom. The van der Waals surface area contributed by atoms with Gasteiger partial charge in [0.2, 0.25) is 5.91 Å². The average Bonchev–Trinajstić information content (AvgIpc) is 3.92. The molecule has 2 atom stereocenters. The van der Waals surface area contributed by atoms with Crippen molar-refractivity contribution in [2.45, 2.75) is 81.8 Å². The number of Topliss-reactive ketones (excluding diaryl/α,β-unsaturated/α-hetero) is 1. The maximum atomic E-state index is 14.1. The number of pyridine rings is 1.